The van der Waals surface area contributed by atoms with Crippen molar-refractivity contribution in [3.63, 3.8) is 0 Å². The first-order chi connectivity index (χ1) is 7.47. The fourth-order valence-corrected chi connectivity index (χ4v) is 2.05. The molecule has 2 rings (SSSR count). The molecule has 0 radical (unpaired) electrons. The SMILES string of the molecule is CC(NS(N)(=O)=O)c1nnc2ccccn12. The first-order valence-electron chi connectivity index (χ1n) is 4.57. The van der Waals surface area contributed by atoms with Crippen LogP contribution in [0, 0.1) is 0 Å². The second-order valence-electron chi connectivity index (χ2n) is 3.37. The van der Waals surface area contributed by atoms with Gasteiger partial charge in [0.2, 0.25) is 0 Å². The molecule has 1 unspecified atom stereocenters. The average molecular weight is 241 g/mol. The van der Waals surface area contributed by atoms with Crippen LogP contribution in [-0.2, 0) is 10.2 Å². The van der Waals surface area contributed by atoms with Crippen LogP contribution in [0.2, 0.25) is 0 Å². The first-order valence-corrected chi connectivity index (χ1v) is 6.12. The van der Waals surface area contributed by atoms with E-state index < -0.39 is 16.3 Å². The van der Waals surface area contributed by atoms with Gasteiger partial charge in [-0.15, -0.1) is 10.2 Å². The van der Waals surface area contributed by atoms with E-state index in [1.807, 2.05) is 12.1 Å². The number of rotatable bonds is 3. The average Bonchev–Trinajstić information content (AvgIpc) is 2.58. The summed E-state index contributed by atoms with van der Waals surface area (Å²) in [6, 6.07) is 4.88. The van der Waals surface area contributed by atoms with Crippen molar-refractivity contribution >= 4 is 15.9 Å². The third-order valence-corrected chi connectivity index (χ3v) is 2.75. The molecule has 1 atom stereocenters. The molecule has 0 spiro atoms. The molecule has 86 valence electrons. The number of nitrogens with one attached hydrogen (secondary N) is 1. The number of nitrogens with two attached hydrogens (primary N) is 1. The Hall–Kier alpha value is -1.51. The molecule has 0 aliphatic carbocycles. The quantitative estimate of drug-likeness (QED) is 0.762. The van der Waals surface area contributed by atoms with E-state index in [4.69, 9.17) is 5.14 Å². The zero-order valence-corrected chi connectivity index (χ0v) is 9.35. The van der Waals surface area contributed by atoms with Crippen molar-refractivity contribution < 1.29 is 8.42 Å². The van der Waals surface area contributed by atoms with Crippen molar-refractivity contribution in [2.45, 2.75) is 13.0 Å². The van der Waals surface area contributed by atoms with Gasteiger partial charge in [0, 0.05) is 6.20 Å². The monoisotopic (exact) mass is 241 g/mol. The molecule has 2 heterocycles. The molecule has 0 fully saturated rings. The van der Waals surface area contributed by atoms with Crippen LogP contribution in [-0.4, -0.2) is 23.0 Å². The molecular weight excluding hydrogens is 230 g/mol. The summed E-state index contributed by atoms with van der Waals surface area (Å²) in [6.07, 6.45) is 1.76. The van der Waals surface area contributed by atoms with Gasteiger partial charge in [0.1, 0.15) is 0 Å². The molecule has 0 amide bonds. The minimum absolute atomic E-state index is 0.490. The van der Waals surface area contributed by atoms with Crippen LogP contribution < -0.4 is 9.86 Å². The molecule has 0 saturated carbocycles. The maximum Gasteiger partial charge on any atom is 0.275 e. The van der Waals surface area contributed by atoms with E-state index in [0.717, 1.165) is 0 Å². The van der Waals surface area contributed by atoms with Crippen molar-refractivity contribution in [2.24, 2.45) is 5.14 Å². The maximum absolute atomic E-state index is 10.9. The number of hydrogen-bond acceptors (Lipinski definition) is 4. The third kappa shape index (κ3) is 2.18. The van der Waals surface area contributed by atoms with Gasteiger partial charge in [0.15, 0.2) is 11.5 Å². The molecule has 8 heteroatoms. The van der Waals surface area contributed by atoms with Gasteiger partial charge in [-0.2, -0.15) is 13.1 Å². The highest BCUT2D eigenvalue weighted by Crippen LogP contribution is 2.11. The molecular formula is C8H11N5O2S. The van der Waals surface area contributed by atoms with Crippen molar-refractivity contribution in [2.75, 3.05) is 0 Å². The normalized spacial score (nSPS) is 14.1. The summed E-state index contributed by atoms with van der Waals surface area (Å²) >= 11 is 0. The largest absolute Gasteiger partial charge is 0.285 e. The van der Waals surface area contributed by atoms with Gasteiger partial charge in [-0.1, -0.05) is 6.07 Å². The van der Waals surface area contributed by atoms with Gasteiger partial charge in [-0.05, 0) is 19.1 Å². The molecule has 7 nitrogen and oxygen atoms in total. The summed E-state index contributed by atoms with van der Waals surface area (Å²) in [6.45, 7) is 1.65. The van der Waals surface area contributed by atoms with E-state index in [-0.39, 0.29) is 0 Å². The van der Waals surface area contributed by atoms with Crippen LogP contribution in [0.4, 0.5) is 0 Å². The molecule has 2 aromatic heterocycles. The molecule has 0 bridgehead atoms. The molecule has 16 heavy (non-hydrogen) atoms. The Morgan fingerprint density at radius 2 is 2.19 bits per heavy atom. The minimum Gasteiger partial charge on any atom is -0.285 e. The summed E-state index contributed by atoms with van der Waals surface area (Å²) in [4.78, 5) is 0. The predicted molar refractivity (Wildman–Crippen MR) is 57.6 cm³/mol. The van der Waals surface area contributed by atoms with Crippen LogP contribution in [0.1, 0.15) is 18.8 Å². The Kier molecular flexibility index (Phi) is 2.62. The second-order valence-corrected chi connectivity index (χ2v) is 4.70. The van der Waals surface area contributed by atoms with Gasteiger partial charge in [0.05, 0.1) is 6.04 Å². The van der Waals surface area contributed by atoms with E-state index >= 15 is 0 Å². The molecule has 0 aromatic carbocycles. The Labute approximate surface area is 92.5 Å². The molecule has 3 N–H and O–H groups in total. The number of pyridine rings is 1. The standard InChI is InChI=1S/C8H11N5O2S/c1-6(12-16(9,14)15)8-11-10-7-4-2-3-5-13(7)8/h2-6,12H,1H3,(H2,9,14,15). The summed E-state index contributed by atoms with van der Waals surface area (Å²) in [5.74, 6) is 0.490. The van der Waals surface area contributed by atoms with E-state index in [2.05, 4.69) is 14.9 Å². The lowest BCUT2D eigenvalue weighted by molar-refractivity contribution is 0.560. The van der Waals surface area contributed by atoms with Crippen LogP contribution >= 0.6 is 0 Å². The fraction of sp³-hybridized carbons (Fsp3) is 0.250. The van der Waals surface area contributed by atoms with Gasteiger partial charge >= 0.3 is 0 Å². The van der Waals surface area contributed by atoms with Crippen LogP contribution in [0.5, 0.6) is 0 Å². The lowest BCUT2D eigenvalue weighted by Crippen LogP contribution is -2.33. The van der Waals surface area contributed by atoms with Gasteiger partial charge in [0.25, 0.3) is 10.2 Å². The summed E-state index contributed by atoms with van der Waals surface area (Å²) in [5.41, 5.74) is 0.653. The lowest BCUT2D eigenvalue weighted by atomic mass is 10.3. The molecule has 2 aromatic rings. The van der Waals surface area contributed by atoms with Crippen molar-refractivity contribution in [3.8, 4) is 0 Å². The zero-order chi connectivity index (χ0) is 11.8. The summed E-state index contributed by atoms with van der Waals surface area (Å²) in [5, 5.41) is 12.7. The number of nitrogens with zero attached hydrogens (tertiary/aromatic N) is 3. The highest BCUT2D eigenvalue weighted by molar-refractivity contribution is 7.87. The first kappa shape index (κ1) is 11.0. The summed E-state index contributed by atoms with van der Waals surface area (Å²) in [7, 11) is -3.75. The van der Waals surface area contributed by atoms with Gasteiger partial charge in [-0.3, -0.25) is 4.40 Å². The predicted octanol–water partition coefficient (Wildman–Crippen LogP) is -0.417. The van der Waals surface area contributed by atoms with Crippen molar-refractivity contribution in [3.05, 3.63) is 30.2 Å². The Balaban J connectivity index is 2.40. The smallest absolute Gasteiger partial charge is 0.275 e. The van der Waals surface area contributed by atoms with Gasteiger partial charge < -0.3 is 0 Å². The Bertz CT molecular complexity index is 606. The number of aromatic nitrogens is 3. The lowest BCUT2D eigenvalue weighted by Gasteiger charge is -2.09. The molecule has 0 saturated heterocycles. The number of hydrogen-bond donors (Lipinski definition) is 2. The van der Waals surface area contributed by atoms with E-state index in [1.54, 1.807) is 23.6 Å². The highest BCUT2D eigenvalue weighted by atomic mass is 32.2. The fourth-order valence-electron chi connectivity index (χ4n) is 1.45. The number of fused-ring (bicyclic) bond motifs is 1. The van der Waals surface area contributed by atoms with E-state index in [0.29, 0.717) is 11.5 Å². The minimum atomic E-state index is -3.75. The third-order valence-electron chi connectivity index (χ3n) is 2.07. The van der Waals surface area contributed by atoms with Crippen molar-refractivity contribution in [1.82, 2.24) is 19.3 Å². The zero-order valence-electron chi connectivity index (χ0n) is 8.53. The van der Waals surface area contributed by atoms with Crippen LogP contribution in [0.15, 0.2) is 24.4 Å². The van der Waals surface area contributed by atoms with E-state index in [9.17, 15) is 8.42 Å². The van der Waals surface area contributed by atoms with Crippen molar-refractivity contribution in [1.29, 1.82) is 0 Å². The second kappa shape index (κ2) is 3.81. The molecule has 0 aliphatic heterocycles. The van der Waals surface area contributed by atoms with Gasteiger partial charge in [-0.25, -0.2) is 5.14 Å². The molecule has 0 aliphatic rings. The van der Waals surface area contributed by atoms with Crippen LogP contribution in [0.3, 0.4) is 0 Å². The summed E-state index contributed by atoms with van der Waals surface area (Å²) < 4.78 is 25.7. The Morgan fingerprint density at radius 1 is 1.44 bits per heavy atom. The highest BCUT2D eigenvalue weighted by Gasteiger charge is 2.16. The van der Waals surface area contributed by atoms with E-state index in [1.165, 1.54) is 0 Å². The topological polar surface area (TPSA) is 102 Å². The van der Waals surface area contributed by atoms with Crippen LogP contribution in [0.25, 0.3) is 5.65 Å². The maximum atomic E-state index is 10.9. The Morgan fingerprint density at radius 3 is 2.88 bits per heavy atom.